The number of pyridine rings is 1. The summed E-state index contributed by atoms with van der Waals surface area (Å²) in [6, 6.07) is 2.61. The molecule has 0 spiro atoms. The van der Waals surface area contributed by atoms with Crippen LogP contribution in [0.4, 0.5) is 0 Å². The molecule has 1 aliphatic rings. The normalized spacial score (nSPS) is 17.0. The van der Waals surface area contributed by atoms with Crippen molar-refractivity contribution in [3.05, 3.63) is 29.6 Å². The van der Waals surface area contributed by atoms with E-state index in [4.69, 9.17) is 4.74 Å². The molecule has 2 heterocycles. The van der Waals surface area contributed by atoms with Crippen LogP contribution in [0.3, 0.4) is 0 Å². The van der Waals surface area contributed by atoms with E-state index in [9.17, 15) is 0 Å². The van der Waals surface area contributed by atoms with Gasteiger partial charge in [0, 0.05) is 18.9 Å². The zero-order valence-corrected chi connectivity index (χ0v) is 7.79. The van der Waals surface area contributed by atoms with Crippen molar-refractivity contribution >= 4 is 0 Å². The fraction of sp³-hybridized carbons (Fsp3) is 0.500. The Kier molecular flexibility index (Phi) is 2.57. The zero-order valence-electron chi connectivity index (χ0n) is 7.79. The van der Waals surface area contributed by atoms with E-state index in [0.29, 0.717) is 6.04 Å². The van der Waals surface area contributed by atoms with Gasteiger partial charge in [-0.3, -0.25) is 4.98 Å². The summed E-state index contributed by atoms with van der Waals surface area (Å²) in [4.78, 5) is 4.05. The van der Waals surface area contributed by atoms with E-state index in [-0.39, 0.29) is 0 Å². The first-order chi connectivity index (χ1) is 6.36. The van der Waals surface area contributed by atoms with E-state index >= 15 is 0 Å². The predicted molar refractivity (Wildman–Crippen MR) is 50.4 cm³/mol. The molecule has 1 aliphatic heterocycles. The van der Waals surface area contributed by atoms with Gasteiger partial charge in [0.05, 0.1) is 19.3 Å². The van der Waals surface area contributed by atoms with Crippen molar-refractivity contribution in [1.29, 1.82) is 0 Å². The third-order valence-electron chi connectivity index (χ3n) is 2.36. The molecule has 1 fully saturated rings. The molecule has 0 aromatic carbocycles. The molecule has 0 atom stereocenters. The largest absolute Gasteiger partial charge is 0.378 e. The predicted octanol–water partition coefficient (Wildman–Crippen LogP) is 0.878. The smallest absolute Gasteiger partial charge is 0.0643 e. The number of hydrogen-bond donors (Lipinski definition) is 1. The quantitative estimate of drug-likeness (QED) is 0.746. The standard InChI is InChI=1S/C10H14N2O/c1-8-4-11-3-2-9(8)5-12-10-6-13-7-10/h2-4,10,12H,5-7H2,1H3. The number of nitrogens with zero attached hydrogens (tertiary/aromatic N) is 1. The van der Waals surface area contributed by atoms with E-state index in [1.807, 2.05) is 12.4 Å². The van der Waals surface area contributed by atoms with Crippen LogP contribution in [-0.2, 0) is 11.3 Å². The maximum absolute atomic E-state index is 5.08. The summed E-state index contributed by atoms with van der Waals surface area (Å²) in [5.41, 5.74) is 2.57. The van der Waals surface area contributed by atoms with Crippen LogP contribution in [0, 0.1) is 6.92 Å². The van der Waals surface area contributed by atoms with Crippen LogP contribution < -0.4 is 5.32 Å². The summed E-state index contributed by atoms with van der Waals surface area (Å²) in [5.74, 6) is 0. The van der Waals surface area contributed by atoms with Crippen molar-refractivity contribution in [2.75, 3.05) is 13.2 Å². The number of hydrogen-bond acceptors (Lipinski definition) is 3. The first-order valence-corrected chi connectivity index (χ1v) is 4.57. The van der Waals surface area contributed by atoms with E-state index in [1.165, 1.54) is 11.1 Å². The molecular formula is C10H14N2O. The summed E-state index contributed by atoms with van der Waals surface area (Å²) in [5, 5.41) is 3.42. The van der Waals surface area contributed by atoms with Gasteiger partial charge in [-0.2, -0.15) is 0 Å². The van der Waals surface area contributed by atoms with Gasteiger partial charge in [0.1, 0.15) is 0 Å². The van der Waals surface area contributed by atoms with Gasteiger partial charge in [0.2, 0.25) is 0 Å². The van der Waals surface area contributed by atoms with Crippen molar-refractivity contribution in [2.24, 2.45) is 0 Å². The molecular weight excluding hydrogens is 164 g/mol. The molecule has 1 aromatic rings. The molecule has 0 aliphatic carbocycles. The summed E-state index contributed by atoms with van der Waals surface area (Å²) in [6.45, 7) is 4.71. The molecule has 0 bridgehead atoms. The Hall–Kier alpha value is -0.930. The highest BCUT2D eigenvalue weighted by Gasteiger charge is 2.16. The summed E-state index contributed by atoms with van der Waals surface area (Å²) < 4.78 is 5.08. The number of nitrogens with one attached hydrogen (secondary N) is 1. The lowest BCUT2D eigenvalue weighted by atomic mass is 10.1. The Morgan fingerprint density at radius 2 is 2.46 bits per heavy atom. The molecule has 0 radical (unpaired) electrons. The summed E-state index contributed by atoms with van der Waals surface area (Å²) >= 11 is 0. The minimum atomic E-state index is 0.549. The van der Waals surface area contributed by atoms with Crippen LogP contribution in [0.25, 0.3) is 0 Å². The maximum atomic E-state index is 5.08. The second-order valence-corrected chi connectivity index (χ2v) is 3.42. The Balaban J connectivity index is 1.89. The maximum Gasteiger partial charge on any atom is 0.0643 e. The molecule has 0 saturated carbocycles. The van der Waals surface area contributed by atoms with Crippen molar-refractivity contribution in [3.63, 3.8) is 0 Å². The Morgan fingerprint density at radius 1 is 1.62 bits per heavy atom. The van der Waals surface area contributed by atoms with Crippen LogP contribution in [0.1, 0.15) is 11.1 Å². The molecule has 13 heavy (non-hydrogen) atoms. The first-order valence-electron chi connectivity index (χ1n) is 4.57. The molecule has 1 N–H and O–H groups in total. The Bertz CT molecular complexity index is 284. The van der Waals surface area contributed by atoms with E-state index in [2.05, 4.69) is 23.3 Å². The molecule has 70 valence electrons. The molecule has 1 saturated heterocycles. The van der Waals surface area contributed by atoms with Gasteiger partial charge in [-0.15, -0.1) is 0 Å². The van der Waals surface area contributed by atoms with E-state index < -0.39 is 0 Å². The van der Waals surface area contributed by atoms with Gasteiger partial charge >= 0.3 is 0 Å². The van der Waals surface area contributed by atoms with Crippen LogP contribution in [0.5, 0.6) is 0 Å². The molecule has 2 rings (SSSR count). The fourth-order valence-corrected chi connectivity index (χ4v) is 1.31. The van der Waals surface area contributed by atoms with Crippen molar-refractivity contribution in [2.45, 2.75) is 19.5 Å². The van der Waals surface area contributed by atoms with Gasteiger partial charge in [-0.25, -0.2) is 0 Å². The third kappa shape index (κ3) is 2.05. The lowest BCUT2D eigenvalue weighted by Gasteiger charge is -2.27. The lowest BCUT2D eigenvalue weighted by molar-refractivity contribution is -0.00580. The summed E-state index contributed by atoms with van der Waals surface area (Å²) in [6.07, 6.45) is 3.73. The highest BCUT2D eigenvalue weighted by atomic mass is 16.5. The van der Waals surface area contributed by atoms with Crippen LogP contribution >= 0.6 is 0 Å². The van der Waals surface area contributed by atoms with E-state index in [1.54, 1.807) is 0 Å². The molecule has 0 amide bonds. The van der Waals surface area contributed by atoms with Crippen molar-refractivity contribution in [1.82, 2.24) is 10.3 Å². The first kappa shape index (κ1) is 8.66. The van der Waals surface area contributed by atoms with Crippen LogP contribution in [0.2, 0.25) is 0 Å². The highest BCUT2D eigenvalue weighted by molar-refractivity contribution is 5.21. The highest BCUT2D eigenvalue weighted by Crippen LogP contribution is 2.06. The number of aryl methyl sites for hydroxylation is 1. The third-order valence-corrected chi connectivity index (χ3v) is 2.36. The second kappa shape index (κ2) is 3.85. The van der Waals surface area contributed by atoms with Crippen molar-refractivity contribution < 1.29 is 4.74 Å². The Labute approximate surface area is 78.1 Å². The topological polar surface area (TPSA) is 34.2 Å². The van der Waals surface area contributed by atoms with Gasteiger partial charge in [-0.05, 0) is 24.1 Å². The van der Waals surface area contributed by atoms with Crippen LogP contribution in [-0.4, -0.2) is 24.2 Å². The van der Waals surface area contributed by atoms with Gasteiger partial charge < -0.3 is 10.1 Å². The number of rotatable bonds is 3. The Morgan fingerprint density at radius 3 is 3.08 bits per heavy atom. The van der Waals surface area contributed by atoms with Crippen molar-refractivity contribution in [3.8, 4) is 0 Å². The fourth-order valence-electron chi connectivity index (χ4n) is 1.31. The number of aromatic nitrogens is 1. The minimum absolute atomic E-state index is 0.549. The SMILES string of the molecule is Cc1cnccc1CNC1COC1. The van der Waals surface area contributed by atoms with E-state index in [0.717, 1.165) is 19.8 Å². The van der Waals surface area contributed by atoms with Gasteiger partial charge in [0.25, 0.3) is 0 Å². The second-order valence-electron chi connectivity index (χ2n) is 3.42. The van der Waals surface area contributed by atoms with Crippen LogP contribution in [0.15, 0.2) is 18.5 Å². The van der Waals surface area contributed by atoms with Gasteiger partial charge in [-0.1, -0.05) is 0 Å². The lowest BCUT2D eigenvalue weighted by Crippen LogP contribution is -2.45. The molecule has 0 unspecified atom stereocenters. The zero-order chi connectivity index (χ0) is 9.10. The average molecular weight is 178 g/mol. The molecule has 3 heteroatoms. The number of ether oxygens (including phenoxy) is 1. The molecule has 3 nitrogen and oxygen atoms in total. The summed E-state index contributed by atoms with van der Waals surface area (Å²) in [7, 11) is 0. The molecule has 1 aromatic heterocycles. The average Bonchev–Trinajstić information content (AvgIpc) is 2.05. The van der Waals surface area contributed by atoms with Gasteiger partial charge in [0.15, 0.2) is 0 Å². The monoisotopic (exact) mass is 178 g/mol. The minimum Gasteiger partial charge on any atom is -0.378 e.